The zero-order valence-corrected chi connectivity index (χ0v) is 13.0. The lowest BCUT2D eigenvalue weighted by Crippen LogP contribution is -2.50. The molecular weight excluding hydrogens is 290 g/mol. The van der Waals surface area contributed by atoms with E-state index in [0.29, 0.717) is 6.54 Å². The Hall–Kier alpha value is -1.44. The molecule has 0 spiro atoms. The first-order valence-corrected chi connectivity index (χ1v) is 7.89. The van der Waals surface area contributed by atoms with Crippen molar-refractivity contribution in [3.63, 3.8) is 0 Å². The number of carbonyl (C=O) groups excluding carboxylic acids is 2. The lowest BCUT2D eigenvalue weighted by atomic mass is 10.3. The first kappa shape index (κ1) is 15.9. The Balaban J connectivity index is 1.66. The number of nitrogens with zero attached hydrogens (tertiary/aromatic N) is 2. The van der Waals surface area contributed by atoms with Crippen molar-refractivity contribution >= 4 is 23.2 Å². The third kappa shape index (κ3) is 4.80. The summed E-state index contributed by atoms with van der Waals surface area (Å²) in [7, 11) is 1.50. The molecule has 7 heteroatoms. The molecule has 2 rings (SSSR count). The van der Waals surface area contributed by atoms with E-state index in [1.807, 2.05) is 22.4 Å². The molecular formula is C14H21N3O3S. The van der Waals surface area contributed by atoms with Crippen molar-refractivity contribution in [2.24, 2.45) is 0 Å². The van der Waals surface area contributed by atoms with Gasteiger partial charge < -0.3 is 15.0 Å². The van der Waals surface area contributed by atoms with Gasteiger partial charge in [0, 0.05) is 46.4 Å². The molecule has 1 aromatic rings. The molecule has 0 atom stereocenters. The van der Waals surface area contributed by atoms with Crippen LogP contribution in [-0.4, -0.2) is 74.6 Å². The molecule has 1 aliphatic heterocycles. The minimum Gasteiger partial charge on any atom is -0.375 e. The average molecular weight is 311 g/mol. The predicted molar refractivity (Wildman–Crippen MR) is 81.5 cm³/mol. The van der Waals surface area contributed by atoms with Crippen molar-refractivity contribution in [3.05, 3.63) is 22.4 Å². The lowest BCUT2D eigenvalue weighted by Gasteiger charge is -2.34. The molecule has 0 unspecified atom stereocenters. The van der Waals surface area contributed by atoms with Crippen LogP contribution in [0.15, 0.2) is 17.5 Å². The van der Waals surface area contributed by atoms with Crippen molar-refractivity contribution in [1.29, 1.82) is 0 Å². The third-order valence-corrected chi connectivity index (χ3v) is 4.27. The Kier molecular flexibility index (Phi) is 6.16. The first-order valence-electron chi connectivity index (χ1n) is 7.01. The van der Waals surface area contributed by atoms with Crippen LogP contribution in [0.4, 0.5) is 0 Å². The molecule has 1 N–H and O–H groups in total. The predicted octanol–water partition coefficient (Wildman–Crippen LogP) is 0.269. The standard InChI is InChI=1S/C14H21N3O3S/c1-20-11-13(18)15-4-5-16-6-8-17(9-7-16)14(19)12-3-2-10-21-12/h2-3,10H,4-9,11H2,1H3,(H,15,18). The number of nitrogens with one attached hydrogen (secondary N) is 1. The van der Waals surface area contributed by atoms with Crippen molar-refractivity contribution < 1.29 is 14.3 Å². The molecule has 0 bridgehead atoms. The highest BCUT2D eigenvalue weighted by Gasteiger charge is 2.22. The molecule has 1 fully saturated rings. The highest BCUT2D eigenvalue weighted by molar-refractivity contribution is 7.12. The number of rotatable bonds is 6. The zero-order valence-electron chi connectivity index (χ0n) is 12.2. The van der Waals surface area contributed by atoms with Gasteiger partial charge in [-0.15, -0.1) is 11.3 Å². The van der Waals surface area contributed by atoms with Gasteiger partial charge in [0.1, 0.15) is 6.61 Å². The maximum atomic E-state index is 12.2. The SMILES string of the molecule is COCC(=O)NCCN1CCN(C(=O)c2cccs2)CC1. The Morgan fingerprint density at radius 1 is 1.33 bits per heavy atom. The van der Waals surface area contributed by atoms with E-state index in [2.05, 4.69) is 10.2 Å². The molecule has 21 heavy (non-hydrogen) atoms. The van der Waals surface area contributed by atoms with E-state index in [0.717, 1.165) is 37.6 Å². The number of ether oxygens (including phenoxy) is 1. The largest absolute Gasteiger partial charge is 0.375 e. The number of hydrogen-bond acceptors (Lipinski definition) is 5. The van der Waals surface area contributed by atoms with Crippen LogP contribution in [0.1, 0.15) is 9.67 Å². The fourth-order valence-corrected chi connectivity index (χ4v) is 2.96. The highest BCUT2D eigenvalue weighted by atomic mass is 32.1. The van der Waals surface area contributed by atoms with E-state index >= 15 is 0 Å². The number of methoxy groups -OCH3 is 1. The lowest BCUT2D eigenvalue weighted by molar-refractivity contribution is -0.124. The van der Waals surface area contributed by atoms with Gasteiger partial charge in [-0.2, -0.15) is 0 Å². The monoisotopic (exact) mass is 311 g/mol. The zero-order chi connectivity index (χ0) is 15.1. The van der Waals surface area contributed by atoms with Gasteiger partial charge in [-0.25, -0.2) is 0 Å². The molecule has 2 amide bonds. The van der Waals surface area contributed by atoms with Crippen LogP contribution in [0.2, 0.25) is 0 Å². The fourth-order valence-electron chi connectivity index (χ4n) is 2.27. The summed E-state index contributed by atoms with van der Waals surface area (Å²) < 4.78 is 4.75. The molecule has 0 aliphatic carbocycles. The summed E-state index contributed by atoms with van der Waals surface area (Å²) in [5.74, 6) is 0.0297. The molecule has 6 nitrogen and oxygen atoms in total. The van der Waals surface area contributed by atoms with Gasteiger partial charge in [-0.1, -0.05) is 6.07 Å². The van der Waals surface area contributed by atoms with Gasteiger partial charge in [-0.3, -0.25) is 14.5 Å². The van der Waals surface area contributed by atoms with Crippen LogP contribution in [0.25, 0.3) is 0 Å². The minimum absolute atomic E-state index is 0.0935. The first-order chi connectivity index (χ1) is 10.2. The number of amides is 2. The number of hydrogen-bond donors (Lipinski definition) is 1. The van der Waals surface area contributed by atoms with Gasteiger partial charge in [0.25, 0.3) is 5.91 Å². The second kappa shape index (κ2) is 8.11. The van der Waals surface area contributed by atoms with Crippen molar-refractivity contribution in [1.82, 2.24) is 15.1 Å². The van der Waals surface area contributed by atoms with Gasteiger partial charge in [-0.05, 0) is 11.4 Å². The van der Waals surface area contributed by atoms with E-state index in [1.165, 1.54) is 18.4 Å². The Morgan fingerprint density at radius 3 is 2.71 bits per heavy atom. The van der Waals surface area contributed by atoms with Gasteiger partial charge in [0.05, 0.1) is 4.88 Å². The van der Waals surface area contributed by atoms with Crippen molar-refractivity contribution in [2.75, 3.05) is 53.0 Å². The highest BCUT2D eigenvalue weighted by Crippen LogP contribution is 2.13. The topological polar surface area (TPSA) is 61.9 Å². The molecule has 1 aliphatic rings. The maximum Gasteiger partial charge on any atom is 0.264 e. The van der Waals surface area contributed by atoms with Crippen molar-refractivity contribution in [3.8, 4) is 0 Å². The molecule has 2 heterocycles. The quantitative estimate of drug-likeness (QED) is 0.819. The Bertz CT molecular complexity index is 456. The number of thiophene rings is 1. The van der Waals surface area contributed by atoms with E-state index in [-0.39, 0.29) is 18.4 Å². The molecule has 0 radical (unpaired) electrons. The fraction of sp³-hybridized carbons (Fsp3) is 0.571. The van der Waals surface area contributed by atoms with Gasteiger partial charge in [0.2, 0.25) is 5.91 Å². The Morgan fingerprint density at radius 2 is 2.10 bits per heavy atom. The van der Waals surface area contributed by atoms with Crippen LogP contribution >= 0.6 is 11.3 Å². The van der Waals surface area contributed by atoms with Crippen LogP contribution < -0.4 is 5.32 Å². The van der Waals surface area contributed by atoms with E-state index in [1.54, 1.807) is 0 Å². The van der Waals surface area contributed by atoms with Crippen LogP contribution in [0.5, 0.6) is 0 Å². The van der Waals surface area contributed by atoms with Gasteiger partial charge >= 0.3 is 0 Å². The van der Waals surface area contributed by atoms with E-state index in [9.17, 15) is 9.59 Å². The summed E-state index contributed by atoms with van der Waals surface area (Å²) in [6, 6.07) is 3.77. The summed E-state index contributed by atoms with van der Waals surface area (Å²) in [4.78, 5) is 28.4. The smallest absolute Gasteiger partial charge is 0.264 e. The summed E-state index contributed by atoms with van der Waals surface area (Å²) in [5.41, 5.74) is 0. The van der Waals surface area contributed by atoms with Crippen LogP contribution in [-0.2, 0) is 9.53 Å². The van der Waals surface area contributed by atoms with E-state index in [4.69, 9.17) is 4.74 Å². The Labute approximate surface area is 128 Å². The number of carbonyl (C=O) groups is 2. The van der Waals surface area contributed by atoms with E-state index < -0.39 is 0 Å². The number of piperazine rings is 1. The minimum atomic E-state index is -0.0935. The maximum absolute atomic E-state index is 12.2. The molecule has 116 valence electrons. The molecule has 1 saturated heterocycles. The second-order valence-corrected chi connectivity index (χ2v) is 5.84. The summed E-state index contributed by atoms with van der Waals surface area (Å²) in [6.45, 7) is 4.68. The summed E-state index contributed by atoms with van der Waals surface area (Å²) >= 11 is 1.48. The van der Waals surface area contributed by atoms with Gasteiger partial charge in [0.15, 0.2) is 0 Å². The summed E-state index contributed by atoms with van der Waals surface area (Å²) in [6.07, 6.45) is 0. The molecule has 0 aromatic carbocycles. The summed E-state index contributed by atoms with van der Waals surface area (Å²) in [5, 5.41) is 4.73. The average Bonchev–Trinajstić information content (AvgIpc) is 3.02. The third-order valence-electron chi connectivity index (χ3n) is 3.42. The van der Waals surface area contributed by atoms with Crippen LogP contribution in [0, 0.1) is 0 Å². The second-order valence-electron chi connectivity index (χ2n) is 4.89. The van der Waals surface area contributed by atoms with Crippen molar-refractivity contribution in [2.45, 2.75) is 0 Å². The molecule has 1 aromatic heterocycles. The normalized spacial score (nSPS) is 16.0. The van der Waals surface area contributed by atoms with Crippen LogP contribution in [0.3, 0.4) is 0 Å². The molecule has 0 saturated carbocycles.